The van der Waals surface area contributed by atoms with Gasteiger partial charge in [-0.15, -0.1) is 0 Å². The molecular weight excluding hydrogens is 328 g/mol. The number of unbranched alkanes of at least 4 members (excludes halogenated alkanes) is 3. The molecule has 0 amide bonds. The third kappa shape index (κ3) is 11.4. The van der Waals surface area contributed by atoms with Crippen LogP contribution in [0.4, 0.5) is 0 Å². The van der Waals surface area contributed by atoms with E-state index in [0.29, 0.717) is 51.4 Å². The Morgan fingerprint density at radius 3 is 1.00 bits per heavy atom. The summed E-state index contributed by atoms with van der Waals surface area (Å²) in [5.74, 6) is 0. The predicted molar refractivity (Wildman–Crippen MR) is 113 cm³/mol. The summed E-state index contributed by atoms with van der Waals surface area (Å²) in [4.78, 5) is 4.67. The van der Waals surface area contributed by atoms with Crippen molar-refractivity contribution in [2.24, 2.45) is 34.4 Å². The molecule has 2 atom stereocenters. The van der Waals surface area contributed by atoms with Crippen molar-refractivity contribution in [2.75, 3.05) is 65.4 Å². The van der Waals surface area contributed by atoms with Gasteiger partial charge in [-0.3, -0.25) is 9.80 Å². The lowest BCUT2D eigenvalue weighted by molar-refractivity contribution is 0.193. The van der Waals surface area contributed by atoms with Gasteiger partial charge in [0.15, 0.2) is 0 Å². The van der Waals surface area contributed by atoms with Crippen molar-refractivity contribution in [3.05, 3.63) is 0 Å². The molecule has 0 fully saturated rings. The van der Waals surface area contributed by atoms with E-state index in [2.05, 4.69) is 9.80 Å². The minimum absolute atomic E-state index is 0.392. The summed E-state index contributed by atoms with van der Waals surface area (Å²) in [6.07, 6.45) is 7.06. The maximum atomic E-state index is 5.96. The maximum absolute atomic E-state index is 5.96. The average Bonchev–Trinajstić information content (AvgIpc) is 2.64. The highest BCUT2D eigenvalue weighted by atomic mass is 15.2. The van der Waals surface area contributed by atoms with Crippen LogP contribution in [0.25, 0.3) is 0 Å². The number of rotatable bonds is 19. The standard InChI is InChI=1S/C18H46N8/c19-7-11-25(12-8-20)17(15-23)5-3-1-2-4-6-18(16-24)26(13-9-21)14-10-22/h17-18H,1-16,19-24H2. The first-order chi connectivity index (χ1) is 12.7. The molecule has 0 aliphatic heterocycles. The van der Waals surface area contributed by atoms with E-state index in [0.717, 1.165) is 39.0 Å². The molecule has 0 rings (SSSR count). The Labute approximate surface area is 161 Å². The monoisotopic (exact) mass is 374 g/mol. The Morgan fingerprint density at radius 1 is 0.462 bits per heavy atom. The first kappa shape index (κ1) is 25.7. The van der Waals surface area contributed by atoms with Crippen LogP contribution in [0.3, 0.4) is 0 Å². The van der Waals surface area contributed by atoms with Gasteiger partial charge in [-0.25, -0.2) is 0 Å². The van der Waals surface area contributed by atoms with Crippen molar-refractivity contribution >= 4 is 0 Å². The Hall–Kier alpha value is -0.320. The highest BCUT2D eigenvalue weighted by Crippen LogP contribution is 2.13. The zero-order chi connectivity index (χ0) is 19.6. The Bertz CT molecular complexity index is 252. The fourth-order valence-corrected chi connectivity index (χ4v) is 3.63. The van der Waals surface area contributed by atoms with Gasteiger partial charge in [0.1, 0.15) is 0 Å². The number of nitrogens with two attached hydrogens (primary N) is 6. The predicted octanol–water partition coefficient (Wildman–Crippen LogP) is -1.58. The van der Waals surface area contributed by atoms with Crippen LogP contribution in [0.2, 0.25) is 0 Å². The Kier molecular flexibility index (Phi) is 17.8. The lowest BCUT2D eigenvalue weighted by Gasteiger charge is -2.30. The van der Waals surface area contributed by atoms with Crippen molar-refractivity contribution < 1.29 is 0 Å². The molecule has 0 spiro atoms. The summed E-state index contributed by atoms with van der Waals surface area (Å²) in [7, 11) is 0. The third-order valence-electron chi connectivity index (χ3n) is 5.07. The van der Waals surface area contributed by atoms with Crippen molar-refractivity contribution in [3.8, 4) is 0 Å². The van der Waals surface area contributed by atoms with Crippen LogP contribution in [0.5, 0.6) is 0 Å². The number of hydrogen-bond donors (Lipinski definition) is 6. The van der Waals surface area contributed by atoms with E-state index in [4.69, 9.17) is 34.4 Å². The van der Waals surface area contributed by atoms with Crippen LogP contribution >= 0.6 is 0 Å². The molecule has 0 aromatic carbocycles. The molecule has 0 heterocycles. The van der Waals surface area contributed by atoms with Gasteiger partial charge >= 0.3 is 0 Å². The normalized spacial score (nSPS) is 14.3. The van der Waals surface area contributed by atoms with Gasteiger partial charge in [0.2, 0.25) is 0 Å². The van der Waals surface area contributed by atoms with Gasteiger partial charge in [-0.1, -0.05) is 25.7 Å². The first-order valence-electron chi connectivity index (χ1n) is 10.4. The molecule has 0 aliphatic carbocycles. The zero-order valence-electron chi connectivity index (χ0n) is 16.8. The van der Waals surface area contributed by atoms with Crippen LogP contribution < -0.4 is 34.4 Å². The smallest absolute Gasteiger partial charge is 0.0219 e. The lowest BCUT2D eigenvalue weighted by atomic mass is 10.0. The van der Waals surface area contributed by atoms with E-state index in [9.17, 15) is 0 Å². The molecule has 0 bridgehead atoms. The van der Waals surface area contributed by atoms with Crippen LogP contribution in [-0.4, -0.2) is 87.3 Å². The molecule has 0 saturated carbocycles. The quantitative estimate of drug-likeness (QED) is 0.148. The van der Waals surface area contributed by atoms with Crippen molar-refractivity contribution in [2.45, 2.75) is 50.6 Å². The summed E-state index contributed by atoms with van der Waals surface area (Å²) < 4.78 is 0. The molecule has 0 aromatic rings. The molecule has 12 N–H and O–H groups in total. The summed E-state index contributed by atoms with van der Waals surface area (Å²) in [6, 6.07) is 0.784. The molecule has 2 unspecified atom stereocenters. The molecule has 0 aromatic heterocycles. The SMILES string of the molecule is NCCN(CCN)C(CN)CCCCCCC(CN)N(CCN)CCN. The lowest BCUT2D eigenvalue weighted by Crippen LogP contribution is -2.45. The molecule has 158 valence electrons. The summed E-state index contributed by atoms with van der Waals surface area (Å²) in [5, 5.41) is 0. The Balaban J connectivity index is 4.07. The van der Waals surface area contributed by atoms with Crippen molar-refractivity contribution in [1.29, 1.82) is 0 Å². The van der Waals surface area contributed by atoms with Crippen molar-refractivity contribution in [3.63, 3.8) is 0 Å². The Morgan fingerprint density at radius 2 is 0.769 bits per heavy atom. The second-order valence-electron chi connectivity index (χ2n) is 7.00. The van der Waals surface area contributed by atoms with Gasteiger partial charge < -0.3 is 34.4 Å². The largest absolute Gasteiger partial charge is 0.329 e. The molecule has 8 nitrogen and oxygen atoms in total. The minimum atomic E-state index is 0.392. The molecule has 0 radical (unpaired) electrons. The van der Waals surface area contributed by atoms with E-state index in [-0.39, 0.29) is 0 Å². The summed E-state index contributed by atoms with van der Waals surface area (Å²) in [5.41, 5.74) is 34.7. The molecule has 0 aliphatic rings. The summed E-state index contributed by atoms with van der Waals surface area (Å²) in [6.45, 7) is 7.43. The second-order valence-corrected chi connectivity index (χ2v) is 7.00. The van der Waals surface area contributed by atoms with Crippen LogP contribution in [0.1, 0.15) is 38.5 Å². The van der Waals surface area contributed by atoms with Gasteiger partial charge in [0.25, 0.3) is 0 Å². The van der Waals surface area contributed by atoms with Crippen molar-refractivity contribution in [1.82, 2.24) is 9.80 Å². The average molecular weight is 375 g/mol. The van der Waals surface area contributed by atoms with E-state index < -0.39 is 0 Å². The zero-order valence-corrected chi connectivity index (χ0v) is 16.8. The highest BCUT2D eigenvalue weighted by Gasteiger charge is 2.16. The highest BCUT2D eigenvalue weighted by molar-refractivity contribution is 4.75. The second kappa shape index (κ2) is 18.1. The fourth-order valence-electron chi connectivity index (χ4n) is 3.63. The van der Waals surface area contributed by atoms with Gasteiger partial charge in [-0.2, -0.15) is 0 Å². The van der Waals surface area contributed by atoms with Crippen LogP contribution in [-0.2, 0) is 0 Å². The topological polar surface area (TPSA) is 163 Å². The van der Waals surface area contributed by atoms with E-state index in [1.165, 1.54) is 25.7 Å². The van der Waals surface area contributed by atoms with Crippen LogP contribution in [0, 0.1) is 0 Å². The molecule has 8 heteroatoms. The fraction of sp³-hybridized carbons (Fsp3) is 1.00. The van der Waals surface area contributed by atoms with Gasteiger partial charge in [-0.05, 0) is 12.8 Å². The third-order valence-corrected chi connectivity index (χ3v) is 5.07. The minimum Gasteiger partial charge on any atom is -0.329 e. The maximum Gasteiger partial charge on any atom is 0.0219 e. The van der Waals surface area contributed by atoms with Gasteiger partial charge in [0.05, 0.1) is 0 Å². The first-order valence-corrected chi connectivity index (χ1v) is 10.4. The number of hydrogen-bond acceptors (Lipinski definition) is 8. The molecule has 0 saturated heterocycles. The van der Waals surface area contributed by atoms with E-state index >= 15 is 0 Å². The van der Waals surface area contributed by atoms with E-state index in [1.807, 2.05) is 0 Å². The van der Waals surface area contributed by atoms with Gasteiger partial charge in [0, 0.05) is 77.5 Å². The molecular formula is C18H46N8. The van der Waals surface area contributed by atoms with Crippen LogP contribution in [0.15, 0.2) is 0 Å². The summed E-state index contributed by atoms with van der Waals surface area (Å²) >= 11 is 0. The number of nitrogens with zero attached hydrogens (tertiary/aromatic N) is 2. The van der Waals surface area contributed by atoms with E-state index in [1.54, 1.807) is 0 Å². The molecule has 26 heavy (non-hydrogen) atoms.